The molecule has 0 spiro atoms. The standard InChI is InChI=1S/C27H35N3O5/c1-21-4-7-24(8-5-21)35-20-27(31)18-29(10-12-33-19-27)17-23-6-9-25(32-3)26(14-23)34-13-11-30-16-22(2)15-28-30/h4-9,14-16,31H,10-13,17-20H2,1-3H3/t27-/m1/s1. The number of aliphatic hydroxyl groups is 1. The van der Waals surface area contributed by atoms with Gasteiger partial charge in [-0.05, 0) is 49.2 Å². The highest BCUT2D eigenvalue weighted by molar-refractivity contribution is 5.43. The van der Waals surface area contributed by atoms with E-state index in [9.17, 15) is 5.11 Å². The topological polar surface area (TPSA) is 78.2 Å². The molecule has 0 amide bonds. The fraction of sp³-hybridized carbons (Fsp3) is 0.444. The number of aromatic nitrogens is 2. The number of hydrogen-bond acceptors (Lipinski definition) is 7. The molecule has 1 saturated heterocycles. The number of rotatable bonds is 10. The summed E-state index contributed by atoms with van der Waals surface area (Å²) in [7, 11) is 1.64. The molecule has 3 aromatic rings. The van der Waals surface area contributed by atoms with Gasteiger partial charge in [0.1, 0.15) is 24.6 Å². The van der Waals surface area contributed by atoms with Gasteiger partial charge < -0.3 is 24.1 Å². The van der Waals surface area contributed by atoms with E-state index < -0.39 is 5.60 Å². The maximum Gasteiger partial charge on any atom is 0.161 e. The summed E-state index contributed by atoms with van der Waals surface area (Å²) in [4.78, 5) is 2.18. The Morgan fingerprint density at radius 3 is 2.63 bits per heavy atom. The summed E-state index contributed by atoms with van der Waals surface area (Å²) >= 11 is 0. The summed E-state index contributed by atoms with van der Waals surface area (Å²) in [6.07, 6.45) is 3.82. The van der Waals surface area contributed by atoms with E-state index in [1.54, 1.807) is 7.11 Å². The first kappa shape index (κ1) is 25.0. The van der Waals surface area contributed by atoms with Crippen molar-refractivity contribution in [1.29, 1.82) is 0 Å². The van der Waals surface area contributed by atoms with Gasteiger partial charge >= 0.3 is 0 Å². The molecule has 0 saturated carbocycles. The lowest BCUT2D eigenvalue weighted by Crippen LogP contribution is -2.48. The zero-order valence-corrected chi connectivity index (χ0v) is 20.8. The molecule has 2 aromatic carbocycles. The molecule has 1 aliphatic rings. The Bertz CT molecular complexity index is 1080. The van der Waals surface area contributed by atoms with Gasteiger partial charge in [0.15, 0.2) is 11.5 Å². The van der Waals surface area contributed by atoms with Crippen LogP contribution in [0.25, 0.3) is 0 Å². The van der Waals surface area contributed by atoms with E-state index in [0.29, 0.717) is 50.9 Å². The zero-order valence-electron chi connectivity index (χ0n) is 20.8. The van der Waals surface area contributed by atoms with Crippen LogP contribution >= 0.6 is 0 Å². The second-order valence-corrected chi connectivity index (χ2v) is 9.20. The van der Waals surface area contributed by atoms with Crippen molar-refractivity contribution < 1.29 is 24.1 Å². The lowest BCUT2D eigenvalue weighted by molar-refractivity contribution is -0.0646. The van der Waals surface area contributed by atoms with Crippen molar-refractivity contribution in [2.45, 2.75) is 32.5 Å². The van der Waals surface area contributed by atoms with Gasteiger partial charge in [-0.2, -0.15) is 5.10 Å². The smallest absolute Gasteiger partial charge is 0.161 e. The van der Waals surface area contributed by atoms with Crippen LogP contribution in [0.4, 0.5) is 0 Å². The molecule has 35 heavy (non-hydrogen) atoms. The molecule has 0 radical (unpaired) electrons. The van der Waals surface area contributed by atoms with Gasteiger partial charge in [0.05, 0.1) is 33.1 Å². The van der Waals surface area contributed by atoms with Crippen molar-refractivity contribution in [1.82, 2.24) is 14.7 Å². The summed E-state index contributed by atoms with van der Waals surface area (Å²) < 4.78 is 25.0. The number of methoxy groups -OCH3 is 1. The monoisotopic (exact) mass is 481 g/mol. The average Bonchev–Trinajstić information content (AvgIpc) is 3.17. The van der Waals surface area contributed by atoms with Gasteiger partial charge in [-0.15, -0.1) is 0 Å². The molecule has 1 fully saturated rings. The predicted molar refractivity (Wildman–Crippen MR) is 133 cm³/mol. The number of nitrogens with zero attached hydrogens (tertiary/aromatic N) is 3. The van der Waals surface area contributed by atoms with Gasteiger partial charge in [-0.1, -0.05) is 23.8 Å². The molecule has 1 atom stereocenters. The molecule has 1 N–H and O–H groups in total. The van der Waals surface area contributed by atoms with E-state index in [2.05, 4.69) is 10.00 Å². The Kier molecular flexibility index (Phi) is 8.28. The van der Waals surface area contributed by atoms with Crippen LogP contribution in [0.2, 0.25) is 0 Å². The summed E-state index contributed by atoms with van der Waals surface area (Å²) in [5.41, 5.74) is 2.25. The highest BCUT2D eigenvalue weighted by Crippen LogP contribution is 2.29. The van der Waals surface area contributed by atoms with Crippen molar-refractivity contribution in [2.75, 3.05) is 46.6 Å². The van der Waals surface area contributed by atoms with Crippen molar-refractivity contribution in [3.8, 4) is 17.2 Å². The Hall–Kier alpha value is -3.07. The molecule has 0 aliphatic carbocycles. The highest BCUT2D eigenvalue weighted by atomic mass is 16.5. The molecule has 2 heterocycles. The molecular formula is C27H35N3O5. The minimum absolute atomic E-state index is 0.163. The quantitative estimate of drug-likeness (QED) is 0.476. The highest BCUT2D eigenvalue weighted by Gasteiger charge is 2.33. The third-order valence-electron chi connectivity index (χ3n) is 5.94. The van der Waals surface area contributed by atoms with Crippen LogP contribution in [0.15, 0.2) is 54.9 Å². The summed E-state index contributed by atoms with van der Waals surface area (Å²) in [6, 6.07) is 13.8. The largest absolute Gasteiger partial charge is 0.493 e. The minimum Gasteiger partial charge on any atom is -0.493 e. The first-order chi connectivity index (χ1) is 16.9. The molecule has 0 bridgehead atoms. The summed E-state index contributed by atoms with van der Waals surface area (Å²) in [6.45, 7) is 7.94. The Labute approximate surface area is 207 Å². The lowest BCUT2D eigenvalue weighted by atomic mass is 10.1. The second-order valence-electron chi connectivity index (χ2n) is 9.20. The number of benzene rings is 2. The number of hydrogen-bond donors (Lipinski definition) is 1. The predicted octanol–water partition coefficient (Wildman–Crippen LogP) is 3.23. The van der Waals surface area contributed by atoms with Crippen LogP contribution in [0.3, 0.4) is 0 Å². The van der Waals surface area contributed by atoms with Crippen LogP contribution in [0, 0.1) is 13.8 Å². The molecular weight excluding hydrogens is 446 g/mol. The summed E-state index contributed by atoms with van der Waals surface area (Å²) in [5.74, 6) is 2.12. The van der Waals surface area contributed by atoms with Gasteiger partial charge in [0, 0.05) is 25.8 Å². The molecule has 0 unspecified atom stereocenters. The van der Waals surface area contributed by atoms with Crippen LogP contribution in [0.1, 0.15) is 16.7 Å². The van der Waals surface area contributed by atoms with Crippen LogP contribution in [-0.4, -0.2) is 72.0 Å². The lowest BCUT2D eigenvalue weighted by Gasteiger charge is -2.30. The van der Waals surface area contributed by atoms with Crippen molar-refractivity contribution in [3.05, 3.63) is 71.5 Å². The number of ether oxygens (including phenoxy) is 4. The van der Waals surface area contributed by atoms with E-state index in [4.69, 9.17) is 18.9 Å². The van der Waals surface area contributed by atoms with Gasteiger partial charge in [0.25, 0.3) is 0 Å². The Balaban J connectivity index is 1.37. The average molecular weight is 482 g/mol. The van der Waals surface area contributed by atoms with Gasteiger partial charge in [0.2, 0.25) is 0 Å². The molecule has 188 valence electrons. The number of β-amino-alcohol motifs (C(OH)–C–C–N with tert-alkyl or cyclic N) is 1. The van der Waals surface area contributed by atoms with Gasteiger partial charge in [-0.25, -0.2) is 0 Å². The maximum atomic E-state index is 11.2. The van der Waals surface area contributed by atoms with Crippen molar-refractivity contribution in [2.24, 2.45) is 0 Å². The molecule has 1 aromatic heterocycles. The van der Waals surface area contributed by atoms with Crippen molar-refractivity contribution in [3.63, 3.8) is 0 Å². The van der Waals surface area contributed by atoms with Crippen LogP contribution in [-0.2, 0) is 17.8 Å². The third kappa shape index (κ3) is 7.21. The first-order valence-electron chi connectivity index (χ1n) is 11.9. The Morgan fingerprint density at radius 2 is 1.89 bits per heavy atom. The third-order valence-corrected chi connectivity index (χ3v) is 5.94. The van der Waals surface area contributed by atoms with E-state index >= 15 is 0 Å². The second kappa shape index (κ2) is 11.6. The molecule has 8 heteroatoms. The van der Waals surface area contributed by atoms with Crippen molar-refractivity contribution >= 4 is 0 Å². The van der Waals surface area contributed by atoms with Crippen LogP contribution in [0.5, 0.6) is 17.2 Å². The minimum atomic E-state index is -1.10. The fourth-order valence-electron chi connectivity index (χ4n) is 4.10. The van der Waals surface area contributed by atoms with E-state index in [-0.39, 0.29) is 13.2 Å². The van der Waals surface area contributed by atoms with Crippen LogP contribution < -0.4 is 14.2 Å². The van der Waals surface area contributed by atoms with E-state index in [1.807, 2.05) is 73.4 Å². The molecule has 1 aliphatic heterocycles. The maximum absolute atomic E-state index is 11.2. The molecule has 4 rings (SSSR count). The van der Waals surface area contributed by atoms with Gasteiger partial charge in [-0.3, -0.25) is 9.58 Å². The zero-order chi connectivity index (χ0) is 24.7. The Morgan fingerprint density at radius 1 is 1.06 bits per heavy atom. The molecule has 8 nitrogen and oxygen atoms in total. The normalized spacial score (nSPS) is 18.7. The van der Waals surface area contributed by atoms with E-state index in [0.717, 1.165) is 16.9 Å². The first-order valence-corrected chi connectivity index (χ1v) is 11.9. The summed E-state index contributed by atoms with van der Waals surface area (Å²) in [5, 5.41) is 15.5. The number of aryl methyl sites for hydroxylation is 2. The fourth-order valence-corrected chi connectivity index (χ4v) is 4.10. The SMILES string of the molecule is COc1ccc(CN2CCOC[C@@](O)(COc3ccc(C)cc3)C2)cc1OCCn1cc(C)cn1. The van der Waals surface area contributed by atoms with E-state index in [1.165, 1.54) is 5.56 Å².